The second-order valence-electron chi connectivity index (χ2n) is 5.12. The number of halogens is 2. The van der Waals surface area contributed by atoms with Gasteiger partial charge in [-0.25, -0.2) is 5.43 Å². The third kappa shape index (κ3) is 5.40. The van der Waals surface area contributed by atoms with Crippen molar-refractivity contribution in [2.24, 2.45) is 5.10 Å². The highest BCUT2D eigenvalue weighted by Gasteiger charge is 2.17. The molecule has 2 aromatic rings. The largest absolute Gasteiger partial charge is 0.507 e. The summed E-state index contributed by atoms with van der Waals surface area (Å²) in [5.74, 6) is -0.694. The molecule has 8 heteroatoms. The Labute approximate surface area is 161 Å². The van der Waals surface area contributed by atoms with Crippen LogP contribution in [-0.2, 0) is 4.79 Å². The average molecular weight is 469 g/mol. The van der Waals surface area contributed by atoms with Gasteiger partial charge in [-0.05, 0) is 74.7 Å². The van der Waals surface area contributed by atoms with Crippen LogP contribution in [0.4, 0.5) is 0 Å². The van der Waals surface area contributed by atoms with E-state index in [0.717, 1.165) is 0 Å². The topological polar surface area (TPSA) is 90.8 Å². The van der Waals surface area contributed by atoms with Gasteiger partial charge in [0.05, 0.1) is 16.3 Å². The van der Waals surface area contributed by atoms with E-state index < -0.39 is 11.9 Å². The van der Waals surface area contributed by atoms with Crippen LogP contribution in [-0.4, -0.2) is 29.2 Å². The van der Waals surface area contributed by atoms with Gasteiger partial charge in [-0.15, -0.1) is 0 Å². The fourth-order valence-corrected chi connectivity index (χ4v) is 2.72. The summed E-state index contributed by atoms with van der Waals surface area (Å²) in [7, 11) is 0. The molecule has 0 aliphatic carbocycles. The Morgan fingerprint density at radius 2 is 1.88 bits per heavy atom. The van der Waals surface area contributed by atoms with Gasteiger partial charge in [-0.1, -0.05) is 12.1 Å². The lowest BCUT2D eigenvalue weighted by Crippen LogP contribution is -2.43. The van der Waals surface area contributed by atoms with Crippen molar-refractivity contribution >= 4 is 49.9 Å². The molecular weight excluding hydrogens is 454 g/mol. The molecule has 0 fully saturated rings. The SMILES string of the molecule is CC(NC(=O)c1ccccc1Br)C(=O)NN=Cc1ccc(O)c(Br)c1. The van der Waals surface area contributed by atoms with Crippen LogP contribution >= 0.6 is 31.9 Å². The Hall–Kier alpha value is -2.19. The molecule has 1 unspecified atom stereocenters. The van der Waals surface area contributed by atoms with Crippen LogP contribution in [0.25, 0.3) is 0 Å². The molecule has 2 aromatic carbocycles. The summed E-state index contributed by atoms with van der Waals surface area (Å²) in [5.41, 5.74) is 3.50. The number of hydrogen-bond donors (Lipinski definition) is 3. The number of hydrogen-bond acceptors (Lipinski definition) is 4. The minimum Gasteiger partial charge on any atom is -0.507 e. The van der Waals surface area contributed by atoms with Crippen molar-refractivity contribution < 1.29 is 14.7 Å². The minimum absolute atomic E-state index is 0.115. The average Bonchev–Trinajstić information content (AvgIpc) is 2.58. The third-order valence-electron chi connectivity index (χ3n) is 3.22. The molecule has 0 aliphatic heterocycles. The number of benzene rings is 2. The first-order valence-corrected chi connectivity index (χ1v) is 8.84. The van der Waals surface area contributed by atoms with E-state index in [4.69, 9.17) is 0 Å². The summed E-state index contributed by atoms with van der Waals surface area (Å²) >= 11 is 6.49. The second kappa shape index (κ2) is 8.77. The predicted octanol–water partition coefficient (Wildman–Crippen LogP) is 3.19. The Kier molecular flexibility index (Phi) is 6.72. The molecule has 1 atom stereocenters. The maximum atomic E-state index is 12.2. The van der Waals surface area contributed by atoms with Gasteiger partial charge < -0.3 is 10.4 Å². The Bertz CT molecular complexity index is 825. The highest BCUT2D eigenvalue weighted by molar-refractivity contribution is 9.10. The Morgan fingerprint density at radius 1 is 1.16 bits per heavy atom. The van der Waals surface area contributed by atoms with Crippen LogP contribution in [0.2, 0.25) is 0 Å². The molecule has 0 saturated carbocycles. The van der Waals surface area contributed by atoms with Gasteiger partial charge in [-0.3, -0.25) is 9.59 Å². The quantitative estimate of drug-likeness (QED) is 0.465. The molecule has 130 valence electrons. The number of hydrazone groups is 1. The number of phenols is 1. The van der Waals surface area contributed by atoms with Gasteiger partial charge in [0, 0.05) is 4.47 Å². The normalized spacial score (nSPS) is 12.0. The monoisotopic (exact) mass is 467 g/mol. The summed E-state index contributed by atoms with van der Waals surface area (Å²) in [6, 6.07) is 11.0. The van der Waals surface area contributed by atoms with Gasteiger partial charge >= 0.3 is 0 Å². The van der Waals surface area contributed by atoms with Crippen molar-refractivity contribution in [1.29, 1.82) is 0 Å². The summed E-state index contributed by atoms with van der Waals surface area (Å²) in [5, 5.41) is 15.9. The van der Waals surface area contributed by atoms with E-state index in [9.17, 15) is 14.7 Å². The van der Waals surface area contributed by atoms with Gasteiger partial charge in [0.15, 0.2) is 0 Å². The lowest BCUT2D eigenvalue weighted by Gasteiger charge is -2.12. The molecule has 6 nitrogen and oxygen atoms in total. The molecule has 0 spiro atoms. The predicted molar refractivity (Wildman–Crippen MR) is 103 cm³/mol. The zero-order valence-corrected chi connectivity index (χ0v) is 16.3. The maximum Gasteiger partial charge on any atom is 0.262 e. The van der Waals surface area contributed by atoms with E-state index in [1.807, 2.05) is 0 Å². The zero-order valence-electron chi connectivity index (χ0n) is 13.2. The van der Waals surface area contributed by atoms with Crippen LogP contribution < -0.4 is 10.7 Å². The molecule has 0 saturated heterocycles. The molecule has 0 heterocycles. The van der Waals surface area contributed by atoms with Crippen molar-refractivity contribution in [2.45, 2.75) is 13.0 Å². The molecule has 2 rings (SSSR count). The lowest BCUT2D eigenvalue weighted by molar-refractivity contribution is -0.122. The summed E-state index contributed by atoms with van der Waals surface area (Å²) in [4.78, 5) is 24.2. The maximum absolute atomic E-state index is 12.2. The third-order valence-corrected chi connectivity index (χ3v) is 4.55. The molecule has 3 N–H and O–H groups in total. The molecule has 25 heavy (non-hydrogen) atoms. The van der Waals surface area contributed by atoms with E-state index in [1.54, 1.807) is 43.3 Å². The highest BCUT2D eigenvalue weighted by Crippen LogP contribution is 2.23. The molecule has 0 aromatic heterocycles. The standard InChI is InChI=1S/C17H15Br2N3O3/c1-10(21-17(25)12-4-2-3-5-13(12)18)16(24)22-20-9-11-6-7-15(23)14(19)8-11/h2-10,23H,1H3,(H,21,25)(H,22,24). The number of nitrogens with one attached hydrogen (secondary N) is 2. The molecule has 0 radical (unpaired) electrons. The van der Waals surface area contributed by atoms with Gasteiger partial charge in [0.1, 0.15) is 11.8 Å². The molecule has 0 bridgehead atoms. The number of aromatic hydroxyl groups is 1. The van der Waals surface area contributed by atoms with E-state index in [0.29, 0.717) is 20.1 Å². The number of carbonyl (C=O) groups excluding carboxylic acids is 2. The van der Waals surface area contributed by atoms with Gasteiger partial charge in [0.2, 0.25) is 0 Å². The van der Waals surface area contributed by atoms with E-state index in [-0.39, 0.29) is 11.7 Å². The summed E-state index contributed by atoms with van der Waals surface area (Å²) in [6.45, 7) is 1.57. The fourth-order valence-electron chi connectivity index (χ4n) is 1.86. The van der Waals surface area contributed by atoms with E-state index in [2.05, 4.69) is 47.7 Å². The highest BCUT2D eigenvalue weighted by atomic mass is 79.9. The van der Waals surface area contributed by atoms with E-state index >= 15 is 0 Å². The van der Waals surface area contributed by atoms with Crippen LogP contribution in [0.15, 0.2) is 56.5 Å². The number of amides is 2. The lowest BCUT2D eigenvalue weighted by atomic mass is 10.2. The summed E-state index contributed by atoms with van der Waals surface area (Å²) < 4.78 is 1.17. The first kappa shape index (κ1) is 19.1. The van der Waals surface area contributed by atoms with Crippen molar-refractivity contribution in [1.82, 2.24) is 10.7 Å². The van der Waals surface area contributed by atoms with Crippen molar-refractivity contribution in [2.75, 3.05) is 0 Å². The van der Waals surface area contributed by atoms with Crippen molar-refractivity contribution in [3.05, 3.63) is 62.5 Å². The van der Waals surface area contributed by atoms with Crippen LogP contribution in [0.1, 0.15) is 22.8 Å². The first-order chi connectivity index (χ1) is 11.9. The number of phenolic OH excluding ortho intramolecular Hbond substituents is 1. The van der Waals surface area contributed by atoms with Crippen LogP contribution in [0.5, 0.6) is 5.75 Å². The Balaban J connectivity index is 1.91. The smallest absolute Gasteiger partial charge is 0.262 e. The molecule has 0 aliphatic rings. The van der Waals surface area contributed by atoms with Crippen molar-refractivity contribution in [3.8, 4) is 5.75 Å². The van der Waals surface area contributed by atoms with Gasteiger partial charge in [-0.2, -0.15) is 5.10 Å². The fraction of sp³-hybridized carbons (Fsp3) is 0.118. The van der Waals surface area contributed by atoms with Gasteiger partial charge in [0.25, 0.3) is 11.8 Å². The number of carbonyl (C=O) groups is 2. The minimum atomic E-state index is -0.761. The molecular formula is C17H15Br2N3O3. The Morgan fingerprint density at radius 3 is 2.56 bits per heavy atom. The first-order valence-electron chi connectivity index (χ1n) is 7.25. The zero-order chi connectivity index (χ0) is 18.4. The summed E-state index contributed by atoms with van der Waals surface area (Å²) in [6.07, 6.45) is 1.43. The van der Waals surface area contributed by atoms with Crippen LogP contribution in [0, 0.1) is 0 Å². The molecule has 2 amide bonds. The number of rotatable bonds is 5. The van der Waals surface area contributed by atoms with Crippen LogP contribution in [0.3, 0.4) is 0 Å². The second-order valence-corrected chi connectivity index (χ2v) is 6.83. The van der Waals surface area contributed by atoms with E-state index in [1.165, 1.54) is 12.3 Å². The number of nitrogens with zero attached hydrogens (tertiary/aromatic N) is 1. The van der Waals surface area contributed by atoms with Crippen molar-refractivity contribution in [3.63, 3.8) is 0 Å².